The molecule has 2 N–H and O–H groups in total. The summed E-state index contributed by atoms with van der Waals surface area (Å²) < 4.78 is 0. The number of hydrogen-bond acceptors (Lipinski definition) is 4. The number of rotatable bonds is 0. The third-order valence-corrected chi connectivity index (χ3v) is 2.46. The number of H-pyrrole nitrogens is 2. The fourth-order valence-electron chi connectivity index (χ4n) is 1.60. The van der Waals surface area contributed by atoms with Crippen LogP contribution in [-0.2, 0) is 0 Å². The molecule has 3 heterocycles. The number of nitrogens with zero attached hydrogens (tertiary/aromatic N) is 4. The molecule has 0 aliphatic carbocycles. The minimum absolute atomic E-state index is 0.602. The summed E-state index contributed by atoms with van der Waals surface area (Å²) in [5.74, 6) is 0. The maximum Gasteiger partial charge on any atom is 0.204 e. The number of benzene rings is 1. The Morgan fingerprint density at radius 1 is 1.00 bits per heavy atom. The van der Waals surface area contributed by atoms with Gasteiger partial charge in [-0.25, -0.2) is 9.97 Å². The molecule has 0 bridgehead atoms. The fraction of sp³-hybridized carbons (Fsp3) is 0. The highest BCUT2D eigenvalue weighted by Gasteiger charge is 1.93. The first-order chi connectivity index (χ1) is 8.93. The Morgan fingerprint density at radius 2 is 1.94 bits per heavy atom. The highest BCUT2D eigenvalue weighted by atomic mass is 15.3. The van der Waals surface area contributed by atoms with Crippen molar-refractivity contribution in [3.05, 3.63) is 49.1 Å². The minimum Gasteiger partial charge on any atom is -0.361 e. The van der Waals surface area contributed by atoms with Gasteiger partial charge in [0.05, 0.1) is 6.20 Å². The SMILES string of the molecule is c1ccc2[nH]ccc2c1.c1ncc2n[nH]nc2n1. The van der Waals surface area contributed by atoms with E-state index in [1.807, 2.05) is 18.3 Å². The molecular formula is C12H10N6. The molecule has 4 aromatic rings. The maximum atomic E-state index is 3.83. The lowest BCUT2D eigenvalue weighted by Crippen LogP contribution is -1.76. The third kappa shape index (κ3) is 2.03. The number of aromatic nitrogens is 6. The minimum atomic E-state index is 0.602. The Hall–Kier alpha value is -2.76. The molecule has 0 aliphatic heterocycles. The Morgan fingerprint density at radius 3 is 2.83 bits per heavy atom. The first-order valence-electron chi connectivity index (χ1n) is 5.42. The van der Waals surface area contributed by atoms with Crippen LogP contribution < -0.4 is 0 Å². The lowest BCUT2D eigenvalue weighted by atomic mass is 10.3. The Bertz CT molecular complexity index is 631. The van der Waals surface area contributed by atoms with Gasteiger partial charge in [0, 0.05) is 11.7 Å². The zero-order valence-electron chi connectivity index (χ0n) is 9.41. The molecule has 0 amide bonds. The van der Waals surface area contributed by atoms with E-state index in [0.717, 1.165) is 0 Å². The molecular weight excluding hydrogens is 228 g/mol. The molecule has 0 radical (unpaired) electrons. The Kier molecular flexibility index (Phi) is 2.67. The molecule has 6 heteroatoms. The highest BCUT2D eigenvalue weighted by Crippen LogP contribution is 2.09. The molecule has 1 aromatic carbocycles. The molecule has 6 nitrogen and oxygen atoms in total. The van der Waals surface area contributed by atoms with Gasteiger partial charge >= 0.3 is 0 Å². The van der Waals surface area contributed by atoms with Crippen molar-refractivity contribution in [3.8, 4) is 0 Å². The first kappa shape index (κ1) is 10.4. The van der Waals surface area contributed by atoms with Crippen LogP contribution in [-0.4, -0.2) is 30.4 Å². The van der Waals surface area contributed by atoms with Crippen molar-refractivity contribution < 1.29 is 0 Å². The summed E-state index contributed by atoms with van der Waals surface area (Å²) in [4.78, 5) is 10.7. The van der Waals surface area contributed by atoms with Gasteiger partial charge in [-0.05, 0) is 17.5 Å². The molecule has 0 fully saturated rings. The van der Waals surface area contributed by atoms with Gasteiger partial charge in [0.2, 0.25) is 5.65 Å². The summed E-state index contributed by atoms with van der Waals surface area (Å²) in [5.41, 5.74) is 2.50. The monoisotopic (exact) mass is 238 g/mol. The van der Waals surface area contributed by atoms with Crippen LogP contribution in [0.1, 0.15) is 0 Å². The van der Waals surface area contributed by atoms with E-state index in [0.29, 0.717) is 11.2 Å². The quantitative estimate of drug-likeness (QED) is 0.490. The zero-order valence-corrected chi connectivity index (χ0v) is 9.41. The molecule has 0 atom stereocenters. The van der Waals surface area contributed by atoms with Crippen LogP contribution in [0.15, 0.2) is 49.1 Å². The predicted octanol–water partition coefficient (Wildman–Crippen LogP) is 1.92. The predicted molar refractivity (Wildman–Crippen MR) is 67.8 cm³/mol. The van der Waals surface area contributed by atoms with E-state index in [2.05, 4.69) is 48.6 Å². The first-order valence-corrected chi connectivity index (χ1v) is 5.42. The van der Waals surface area contributed by atoms with Gasteiger partial charge in [-0.1, -0.05) is 18.2 Å². The summed E-state index contributed by atoms with van der Waals surface area (Å²) in [6.45, 7) is 0. The largest absolute Gasteiger partial charge is 0.361 e. The second-order valence-corrected chi connectivity index (χ2v) is 3.62. The average molecular weight is 238 g/mol. The van der Waals surface area contributed by atoms with E-state index in [-0.39, 0.29) is 0 Å². The summed E-state index contributed by atoms with van der Waals surface area (Å²) in [5, 5.41) is 11.2. The van der Waals surface area contributed by atoms with E-state index >= 15 is 0 Å². The third-order valence-electron chi connectivity index (χ3n) is 2.46. The second-order valence-electron chi connectivity index (χ2n) is 3.62. The molecule has 3 aromatic heterocycles. The van der Waals surface area contributed by atoms with Crippen molar-refractivity contribution in [2.24, 2.45) is 0 Å². The molecule has 18 heavy (non-hydrogen) atoms. The molecule has 0 aliphatic rings. The van der Waals surface area contributed by atoms with Crippen molar-refractivity contribution in [1.82, 2.24) is 30.4 Å². The molecule has 0 unspecified atom stereocenters. The van der Waals surface area contributed by atoms with Crippen LogP contribution >= 0.6 is 0 Å². The van der Waals surface area contributed by atoms with Gasteiger partial charge in [-0.3, -0.25) is 0 Å². The van der Waals surface area contributed by atoms with Crippen LogP contribution in [0.3, 0.4) is 0 Å². The number of fused-ring (bicyclic) bond motifs is 2. The van der Waals surface area contributed by atoms with Crippen LogP contribution in [0.2, 0.25) is 0 Å². The van der Waals surface area contributed by atoms with E-state index in [1.165, 1.54) is 17.2 Å². The van der Waals surface area contributed by atoms with Gasteiger partial charge in [0.15, 0.2) is 0 Å². The molecule has 0 saturated carbocycles. The van der Waals surface area contributed by atoms with Crippen LogP contribution in [0.5, 0.6) is 0 Å². The van der Waals surface area contributed by atoms with Crippen LogP contribution in [0.4, 0.5) is 0 Å². The number of hydrogen-bond donors (Lipinski definition) is 2. The van der Waals surface area contributed by atoms with Crippen LogP contribution in [0, 0.1) is 0 Å². The van der Waals surface area contributed by atoms with Crippen molar-refractivity contribution >= 4 is 22.1 Å². The normalized spacial score (nSPS) is 10.2. The van der Waals surface area contributed by atoms with Crippen LogP contribution in [0.25, 0.3) is 22.1 Å². The molecule has 4 rings (SSSR count). The van der Waals surface area contributed by atoms with E-state index in [1.54, 1.807) is 6.20 Å². The standard InChI is InChI=1S/C8H7N.C4H3N5/c1-2-4-8-7(3-1)5-6-9-8;1-3-4(6-2-5-1)8-9-7-3/h1-6,9H;1-2H,(H,5,6,7,8,9). The van der Waals surface area contributed by atoms with E-state index in [9.17, 15) is 0 Å². The Labute approximate surface area is 102 Å². The lowest BCUT2D eigenvalue weighted by Gasteiger charge is -1.83. The van der Waals surface area contributed by atoms with Gasteiger partial charge in [-0.15, -0.1) is 5.10 Å². The Balaban J connectivity index is 0.000000111. The van der Waals surface area contributed by atoms with Crippen molar-refractivity contribution in [2.45, 2.75) is 0 Å². The number of aromatic amines is 2. The summed E-state index contributed by atoms with van der Waals surface area (Å²) in [6, 6.07) is 10.3. The molecule has 0 saturated heterocycles. The topological polar surface area (TPSA) is 83.1 Å². The summed E-state index contributed by atoms with van der Waals surface area (Å²) in [6.07, 6.45) is 4.99. The maximum absolute atomic E-state index is 3.83. The number of para-hydroxylation sites is 1. The van der Waals surface area contributed by atoms with Gasteiger partial charge in [0.25, 0.3) is 0 Å². The zero-order chi connectivity index (χ0) is 12.2. The summed E-state index contributed by atoms with van der Waals surface area (Å²) >= 11 is 0. The van der Waals surface area contributed by atoms with Gasteiger partial charge in [-0.2, -0.15) is 10.3 Å². The average Bonchev–Trinajstić information content (AvgIpc) is 3.08. The lowest BCUT2D eigenvalue weighted by molar-refractivity contribution is 0.954. The number of nitrogens with one attached hydrogen (secondary N) is 2. The van der Waals surface area contributed by atoms with Gasteiger partial charge in [0.1, 0.15) is 11.8 Å². The van der Waals surface area contributed by atoms with E-state index < -0.39 is 0 Å². The van der Waals surface area contributed by atoms with Crippen molar-refractivity contribution in [1.29, 1.82) is 0 Å². The van der Waals surface area contributed by atoms with Crippen molar-refractivity contribution in [2.75, 3.05) is 0 Å². The van der Waals surface area contributed by atoms with Crippen molar-refractivity contribution in [3.63, 3.8) is 0 Å². The molecule has 88 valence electrons. The second kappa shape index (κ2) is 4.62. The van der Waals surface area contributed by atoms with E-state index in [4.69, 9.17) is 0 Å². The summed E-state index contributed by atoms with van der Waals surface area (Å²) in [7, 11) is 0. The van der Waals surface area contributed by atoms with Gasteiger partial charge < -0.3 is 4.98 Å². The smallest absolute Gasteiger partial charge is 0.204 e. The highest BCUT2D eigenvalue weighted by molar-refractivity contribution is 5.78. The molecule has 0 spiro atoms. The fourth-order valence-corrected chi connectivity index (χ4v) is 1.60.